The molecule has 5 atom stereocenters. The summed E-state index contributed by atoms with van der Waals surface area (Å²) in [5, 5.41) is 17.0. The van der Waals surface area contributed by atoms with Crippen molar-refractivity contribution in [2.24, 2.45) is 29.0 Å². The molecule has 1 heterocycles. The number of carbonyl (C=O) groups is 6. The standard InChI is InChI=1S/C26H47N7O7/c1-14(2)12-17(22(35)30-16(26(39)40)8-5-6-10-27)31-23(36)18(13-20(28)34)32-24(37)19-9-7-11-33(19)25(38)21(29)15(3)4/h14-19,21H,5-13,27,29H2,1-4H3,(H2,28,34)(H,30,35)(H,31,36)(H,32,37)(H,39,40)/t16-,17-,18-,19-,21-/m0/s1. The highest BCUT2D eigenvalue weighted by atomic mass is 16.4. The maximum Gasteiger partial charge on any atom is 0.326 e. The number of amides is 5. The van der Waals surface area contributed by atoms with E-state index in [1.807, 2.05) is 13.8 Å². The molecule has 1 rings (SSSR count). The summed E-state index contributed by atoms with van der Waals surface area (Å²) < 4.78 is 0. The van der Waals surface area contributed by atoms with Gasteiger partial charge in [0.1, 0.15) is 24.2 Å². The number of nitrogens with two attached hydrogens (primary N) is 3. The van der Waals surface area contributed by atoms with Crippen LogP contribution in [0.2, 0.25) is 0 Å². The van der Waals surface area contributed by atoms with Crippen LogP contribution in [0.4, 0.5) is 0 Å². The van der Waals surface area contributed by atoms with Gasteiger partial charge in [-0.15, -0.1) is 0 Å². The predicted octanol–water partition coefficient (Wildman–Crippen LogP) is -1.45. The summed E-state index contributed by atoms with van der Waals surface area (Å²) in [5.74, 6) is -4.85. The first-order valence-electron chi connectivity index (χ1n) is 13.9. The highest BCUT2D eigenvalue weighted by Crippen LogP contribution is 2.20. The van der Waals surface area contributed by atoms with E-state index >= 15 is 0 Å². The number of carboxylic acids is 1. The van der Waals surface area contributed by atoms with E-state index in [1.54, 1.807) is 13.8 Å². The second kappa shape index (κ2) is 16.8. The Morgan fingerprint density at radius 1 is 0.925 bits per heavy atom. The lowest BCUT2D eigenvalue weighted by Crippen LogP contribution is -2.59. The Bertz CT molecular complexity index is 912. The monoisotopic (exact) mass is 569 g/mol. The van der Waals surface area contributed by atoms with Crippen LogP contribution in [-0.4, -0.2) is 88.8 Å². The van der Waals surface area contributed by atoms with Gasteiger partial charge in [0, 0.05) is 6.54 Å². The second-order valence-corrected chi connectivity index (χ2v) is 11.1. The van der Waals surface area contributed by atoms with E-state index in [1.165, 1.54) is 4.90 Å². The van der Waals surface area contributed by atoms with Crippen molar-refractivity contribution >= 4 is 35.5 Å². The molecule has 228 valence electrons. The van der Waals surface area contributed by atoms with Gasteiger partial charge in [-0.05, 0) is 56.9 Å². The average Bonchev–Trinajstić information content (AvgIpc) is 3.35. The normalized spacial score (nSPS) is 18.1. The van der Waals surface area contributed by atoms with Gasteiger partial charge in [0.15, 0.2) is 0 Å². The predicted molar refractivity (Wildman–Crippen MR) is 147 cm³/mol. The molecular formula is C26H47N7O7. The number of carbonyl (C=O) groups excluding carboxylic acids is 5. The van der Waals surface area contributed by atoms with Crippen LogP contribution < -0.4 is 33.2 Å². The lowest BCUT2D eigenvalue weighted by Gasteiger charge is -2.29. The number of primary amides is 1. The third kappa shape index (κ3) is 11.1. The van der Waals surface area contributed by atoms with Gasteiger partial charge in [0.05, 0.1) is 12.5 Å². The van der Waals surface area contributed by atoms with Gasteiger partial charge in [-0.3, -0.25) is 24.0 Å². The van der Waals surface area contributed by atoms with Gasteiger partial charge >= 0.3 is 5.97 Å². The third-order valence-electron chi connectivity index (χ3n) is 6.78. The lowest BCUT2D eigenvalue weighted by molar-refractivity contribution is -0.143. The molecule has 1 saturated heterocycles. The van der Waals surface area contributed by atoms with Crippen molar-refractivity contribution in [2.75, 3.05) is 13.1 Å². The number of nitrogens with one attached hydrogen (secondary N) is 3. The van der Waals surface area contributed by atoms with Crippen molar-refractivity contribution in [1.29, 1.82) is 0 Å². The molecule has 0 aromatic heterocycles. The number of rotatable bonds is 17. The molecule has 5 amide bonds. The number of carboxylic acid groups (broad SMARTS) is 1. The van der Waals surface area contributed by atoms with E-state index in [9.17, 15) is 33.9 Å². The first kappa shape index (κ1) is 34.8. The van der Waals surface area contributed by atoms with Crippen molar-refractivity contribution in [2.45, 2.75) is 103 Å². The van der Waals surface area contributed by atoms with Crippen LogP contribution in [0.1, 0.15) is 72.6 Å². The van der Waals surface area contributed by atoms with Gasteiger partial charge in [0.2, 0.25) is 29.5 Å². The molecule has 0 radical (unpaired) electrons. The Morgan fingerprint density at radius 2 is 1.52 bits per heavy atom. The van der Waals surface area contributed by atoms with E-state index in [0.717, 1.165) is 0 Å². The van der Waals surface area contributed by atoms with Crippen molar-refractivity contribution < 1.29 is 33.9 Å². The number of hydrogen-bond acceptors (Lipinski definition) is 8. The molecule has 0 spiro atoms. The topological polar surface area (TPSA) is 240 Å². The second-order valence-electron chi connectivity index (χ2n) is 11.1. The summed E-state index contributed by atoms with van der Waals surface area (Å²) in [5.41, 5.74) is 16.8. The summed E-state index contributed by atoms with van der Waals surface area (Å²) in [6.07, 6.45) is 1.79. The Labute approximate surface area is 235 Å². The zero-order chi connectivity index (χ0) is 30.6. The summed E-state index contributed by atoms with van der Waals surface area (Å²) in [6, 6.07) is -5.39. The van der Waals surface area contributed by atoms with Gasteiger partial charge in [-0.2, -0.15) is 0 Å². The number of likely N-dealkylation sites (tertiary alicyclic amines) is 1. The largest absolute Gasteiger partial charge is 0.480 e. The van der Waals surface area contributed by atoms with E-state index in [0.29, 0.717) is 38.8 Å². The van der Waals surface area contributed by atoms with Crippen LogP contribution >= 0.6 is 0 Å². The molecule has 0 unspecified atom stereocenters. The average molecular weight is 570 g/mol. The smallest absolute Gasteiger partial charge is 0.326 e. The maximum absolute atomic E-state index is 13.2. The summed E-state index contributed by atoms with van der Waals surface area (Å²) in [4.78, 5) is 77.0. The molecule has 1 aliphatic heterocycles. The quantitative estimate of drug-likeness (QED) is 0.101. The van der Waals surface area contributed by atoms with Crippen LogP contribution in [0.5, 0.6) is 0 Å². The molecule has 0 saturated carbocycles. The van der Waals surface area contributed by atoms with Crippen LogP contribution in [-0.2, 0) is 28.8 Å². The summed E-state index contributed by atoms with van der Waals surface area (Å²) >= 11 is 0. The van der Waals surface area contributed by atoms with Gasteiger partial charge in [-0.25, -0.2) is 4.79 Å². The molecule has 0 aliphatic carbocycles. The Balaban J connectivity index is 3.04. The van der Waals surface area contributed by atoms with Gasteiger partial charge in [-0.1, -0.05) is 27.7 Å². The molecule has 1 aliphatic rings. The highest BCUT2D eigenvalue weighted by molar-refractivity contribution is 5.97. The van der Waals surface area contributed by atoms with Crippen LogP contribution in [0.3, 0.4) is 0 Å². The lowest BCUT2D eigenvalue weighted by atomic mass is 10.0. The molecule has 14 heteroatoms. The summed E-state index contributed by atoms with van der Waals surface area (Å²) in [6.45, 7) is 7.94. The zero-order valence-corrected chi connectivity index (χ0v) is 24.0. The molecule has 0 bridgehead atoms. The Kier molecular flexibility index (Phi) is 14.6. The van der Waals surface area contributed by atoms with Crippen LogP contribution in [0.15, 0.2) is 0 Å². The fraction of sp³-hybridized carbons (Fsp3) is 0.769. The minimum absolute atomic E-state index is 0.0658. The molecule has 14 nitrogen and oxygen atoms in total. The summed E-state index contributed by atoms with van der Waals surface area (Å²) in [7, 11) is 0. The molecular weight excluding hydrogens is 522 g/mol. The van der Waals surface area contributed by atoms with Crippen LogP contribution in [0, 0.1) is 11.8 Å². The van der Waals surface area contributed by atoms with Crippen molar-refractivity contribution in [3.63, 3.8) is 0 Å². The molecule has 0 aromatic rings. The van der Waals surface area contributed by atoms with E-state index in [2.05, 4.69) is 16.0 Å². The SMILES string of the molecule is CC(C)C[C@H](NC(=O)[C@H](CC(N)=O)NC(=O)[C@@H]1CCCN1C(=O)[C@@H](N)C(C)C)C(=O)N[C@@H](CCCCN)C(=O)O. The third-order valence-corrected chi connectivity index (χ3v) is 6.78. The first-order valence-corrected chi connectivity index (χ1v) is 13.9. The van der Waals surface area contributed by atoms with Crippen molar-refractivity contribution in [1.82, 2.24) is 20.9 Å². The zero-order valence-electron chi connectivity index (χ0n) is 24.0. The Hall–Kier alpha value is -3.26. The van der Waals surface area contributed by atoms with Crippen molar-refractivity contribution in [3.05, 3.63) is 0 Å². The molecule has 1 fully saturated rings. The molecule has 10 N–H and O–H groups in total. The number of unbranched alkanes of at least 4 members (excludes halogenated alkanes) is 1. The Morgan fingerprint density at radius 3 is 2.05 bits per heavy atom. The maximum atomic E-state index is 13.2. The van der Waals surface area contributed by atoms with E-state index in [4.69, 9.17) is 17.2 Å². The molecule has 40 heavy (non-hydrogen) atoms. The fourth-order valence-electron chi connectivity index (χ4n) is 4.46. The number of nitrogens with zero attached hydrogens (tertiary/aromatic N) is 1. The highest BCUT2D eigenvalue weighted by Gasteiger charge is 2.39. The van der Waals surface area contributed by atoms with Crippen LogP contribution in [0.25, 0.3) is 0 Å². The van der Waals surface area contributed by atoms with Crippen molar-refractivity contribution in [3.8, 4) is 0 Å². The first-order chi connectivity index (χ1) is 18.7. The minimum Gasteiger partial charge on any atom is -0.480 e. The van der Waals surface area contributed by atoms with E-state index in [-0.39, 0.29) is 30.6 Å². The van der Waals surface area contributed by atoms with E-state index < -0.39 is 66.2 Å². The number of hydrogen-bond donors (Lipinski definition) is 7. The minimum atomic E-state index is -1.41. The van der Waals surface area contributed by atoms with Gasteiger partial charge in [0.25, 0.3) is 0 Å². The number of aliphatic carboxylic acids is 1. The van der Waals surface area contributed by atoms with Gasteiger partial charge < -0.3 is 43.2 Å². The fourth-order valence-corrected chi connectivity index (χ4v) is 4.46. The molecule has 0 aromatic carbocycles.